The molecule has 0 aliphatic rings. The van der Waals surface area contributed by atoms with Gasteiger partial charge in [-0.2, -0.15) is 0 Å². The number of sulfonamides is 1. The highest BCUT2D eigenvalue weighted by Crippen LogP contribution is 2.28. The van der Waals surface area contributed by atoms with Crippen molar-refractivity contribution in [1.82, 2.24) is 5.32 Å². The van der Waals surface area contributed by atoms with Crippen LogP contribution in [0.25, 0.3) is 11.1 Å². The van der Waals surface area contributed by atoms with Crippen molar-refractivity contribution in [3.05, 3.63) is 82.9 Å². The molecule has 0 unspecified atom stereocenters. The molecule has 3 aromatic carbocycles. The summed E-state index contributed by atoms with van der Waals surface area (Å²) < 4.78 is 29.5. The summed E-state index contributed by atoms with van der Waals surface area (Å²) in [5.41, 5.74) is 2.36. The van der Waals surface area contributed by atoms with Crippen LogP contribution in [0.4, 0.5) is 0 Å². The number of halogens is 1. The number of hydrogen-bond donors (Lipinski definition) is 2. The number of methoxy groups -OCH3 is 1. The Morgan fingerprint density at radius 2 is 1.80 bits per heavy atom. The first kappa shape index (κ1) is 21.8. The van der Waals surface area contributed by atoms with E-state index >= 15 is 0 Å². The second-order valence-electron chi connectivity index (χ2n) is 6.59. The Labute approximate surface area is 180 Å². The highest BCUT2D eigenvalue weighted by Gasteiger charge is 2.17. The summed E-state index contributed by atoms with van der Waals surface area (Å²) >= 11 is 5.97. The summed E-state index contributed by atoms with van der Waals surface area (Å²) in [4.78, 5) is 12.5. The molecule has 8 heteroatoms. The molecule has 3 N–H and O–H groups in total. The Morgan fingerprint density at radius 1 is 1.07 bits per heavy atom. The lowest BCUT2D eigenvalue weighted by Gasteiger charge is -2.12. The lowest BCUT2D eigenvalue weighted by atomic mass is 10.0. The number of amides is 1. The van der Waals surface area contributed by atoms with E-state index in [2.05, 4.69) is 5.32 Å². The van der Waals surface area contributed by atoms with Gasteiger partial charge in [0.25, 0.3) is 5.91 Å². The lowest BCUT2D eigenvalue weighted by Crippen LogP contribution is -2.26. The number of carbonyl (C=O) groups is 1. The van der Waals surface area contributed by atoms with Crippen LogP contribution < -0.4 is 15.2 Å². The van der Waals surface area contributed by atoms with Crippen LogP contribution in [0.15, 0.2) is 71.6 Å². The molecule has 0 fully saturated rings. The fraction of sp³-hybridized carbons (Fsp3) is 0.136. The van der Waals surface area contributed by atoms with Gasteiger partial charge in [-0.1, -0.05) is 54.1 Å². The quantitative estimate of drug-likeness (QED) is 0.581. The van der Waals surface area contributed by atoms with Crippen LogP contribution in [-0.4, -0.2) is 28.0 Å². The highest BCUT2D eigenvalue weighted by atomic mass is 35.5. The molecule has 0 spiro atoms. The largest absolute Gasteiger partial charge is 0.496 e. The highest BCUT2D eigenvalue weighted by molar-refractivity contribution is 7.89. The number of primary sulfonamides is 1. The van der Waals surface area contributed by atoms with Crippen molar-refractivity contribution in [3.63, 3.8) is 0 Å². The molecule has 3 aromatic rings. The van der Waals surface area contributed by atoms with Crippen molar-refractivity contribution in [2.45, 2.75) is 11.3 Å². The zero-order valence-electron chi connectivity index (χ0n) is 16.3. The van der Waals surface area contributed by atoms with Gasteiger partial charge in [0.2, 0.25) is 10.0 Å². The Morgan fingerprint density at radius 3 is 2.47 bits per heavy atom. The van der Waals surface area contributed by atoms with E-state index in [1.165, 1.54) is 13.2 Å². The third-order valence-corrected chi connectivity index (χ3v) is 5.73. The van der Waals surface area contributed by atoms with Crippen LogP contribution in [-0.2, 0) is 16.4 Å². The Kier molecular flexibility index (Phi) is 6.77. The van der Waals surface area contributed by atoms with Crippen molar-refractivity contribution in [2.75, 3.05) is 13.7 Å². The molecule has 3 rings (SSSR count). The zero-order valence-corrected chi connectivity index (χ0v) is 17.8. The maximum absolute atomic E-state index is 12.5. The minimum Gasteiger partial charge on any atom is -0.496 e. The third-order valence-electron chi connectivity index (χ3n) is 4.54. The first-order valence-electron chi connectivity index (χ1n) is 9.12. The summed E-state index contributed by atoms with van der Waals surface area (Å²) in [6.45, 7) is 0.295. The number of rotatable bonds is 7. The normalized spacial score (nSPS) is 11.2. The predicted molar refractivity (Wildman–Crippen MR) is 117 cm³/mol. The maximum atomic E-state index is 12.5. The smallest absolute Gasteiger partial charge is 0.255 e. The fourth-order valence-corrected chi connectivity index (χ4v) is 4.07. The molecule has 0 aromatic heterocycles. The Bertz CT molecular complexity index is 1170. The van der Waals surface area contributed by atoms with E-state index in [-0.39, 0.29) is 10.8 Å². The summed E-state index contributed by atoms with van der Waals surface area (Å²) in [6.07, 6.45) is 0.423. The molecular formula is C22H21ClN2O4S. The molecule has 1 amide bonds. The first-order chi connectivity index (χ1) is 14.3. The molecule has 6 nitrogen and oxygen atoms in total. The average molecular weight is 445 g/mol. The van der Waals surface area contributed by atoms with E-state index in [1.807, 2.05) is 36.4 Å². The SMILES string of the molecule is COc1ccc(Cl)cc1C(=O)NCCc1ccc(-c2ccccc2)c(S(N)(=O)=O)c1. The molecular weight excluding hydrogens is 424 g/mol. The monoisotopic (exact) mass is 444 g/mol. The van der Waals surface area contributed by atoms with Gasteiger partial charge in [-0.25, -0.2) is 13.6 Å². The molecule has 0 aliphatic heterocycles. The summed E-state index contributed by atoms with van der Waals surface area (Å²) in [5.74, 6) is 0.0857. The van der Waals surface area contributed by atoms with Gasteiger partial charge in [0.15, 0.2) is 0 Å². The minimum atomic E-state index is -3.92. The van der Waals surface area contributed by atoms with Gasteiger partial charge >= 0.3 is 0 Å². The molecule has 0 heterocycles. The number of carbonyl (C=O) groups excluding carboxylic acids is 1. The zero-order chi connectivity index (χ0) is 21.7. The van der Waals surface area contributed by atoms with Crippen molar-refractivity contribution in [2.24, 2.45) is 5.14 Å². The molecule has 0 bridgehead atoms. The van der Waals surface area contributed by atoms with E-state index in [1.54, 1.807) is 24.3 Å². The molecule has 0 radical (unpaired) electrons. The number of nitrogens with one attached hydrogen (secondary N) is 1. The maximum Gasteiger partial charge on any atom is 0.255 e. The second-order valence-corrected chi connectivity index (χ2v) is 8.56. The van der Waals surface area contributed by atoms with Gasteiger partial charge in [0.1, 0.15) is 5.75 Å². The van der Waals surface area contributed by atoms with Gasteiger partial charge in [0, 0.05) is 17.1 Å². The number of hydrogen-bond acceptors (Lipinski definition) is 4. The lowest BCUT2D eigenvalue weighted by molar-refractivity contribution is 0.0951. The van der Waals surface area contributed by atoms with Gasteiger partial charge < -0.3 is 10.1 Å². The summed E-state index contributed by atoms with van der Waals surface area (Å²) in [5, 5.41) is 8.66. The molecule has 156 valence electrons. The number of nitrogens with two attached hydrogens (primary N) is 1. The van der Waals surface area contributed by atoms with E-state index in [9.17, 15) is 13.2 Å². The number of ether oxygens (including phenoxy) is 1. The third kappa shape index (κ3) is 5.18. The van der Waals surface area contributed by atoms with Crippen molar-refractivity contribution < 1.29 is 17.9 Å². The second kappa shape index (κ2) is 9.30. The van der Waals surface area contributed by atoms with Gasteiger partial charge in [0.05, 0.1) is 17.6 Å². The van der Waals surface area contributed by atoms with Crippen LogP contribution >= 0.6 is 11.6 Å². The molecule has 0 saturated heterocycles. The average Bonchev–Trinajstić information content (AvgIpc) is 2.73. The summed E-state index contributed by atoms with van der Waals surface area (Å²) in [6, 6.07) is 19.0. The molecule has 30 heavy (non-hydrogen) atoms. The fourth-order valence-electron chi connectivity index (χ4n) is 3.09. The van der Waals surface area contributed by atoms with E-state index in [0.29, 0.717) is 34.9 Å². The van der Waals surface area contributed by atoms with Crippen molar-refractivity contribution >= 4 is 27.5 Å². The Hall–Kier alpha value is -2.87. The van der Waals surface area contributed by atoms with E-state index < -0.39 is 10.0 Å². The molecule has 0 saturated carbocycles. The number of benzene rings is 3. The van der Waals surface area contributed by atoms with Crippen LogP contribution in [0.5, 0.6) is 5.75 Å². The summed E-state index contributed by atoms with van der Waals surface area (Å²) in [7, 11) is -2.45. The molecule has 0 aliphatic carbocycles. The van der Waals surface area contributed by atoms with Gasteiger partial charge in [-0.15, -0.1) is 0 Å². The van der Waals surface area contributed by atoms with E-state index in [0.717, 1.165) is 11.1 Å². The topological polar surface area (TPSA) is 98.5 Å². The van der Waals surface area contributed by atoms with Crippen molar-refractivity contribution in [1.29, 1.82) is 0 Å². The molecule has 0 atom stereocenters. The standard InChI is InChI=1S/C22H21ClN2O4S/c1-29-20-10-8-17(23)14-19(20)22(26)25-12-11-15-7-9-18(16-5-3-2-4-6-16)21(13-15)30(24,27)28/h2-10,13-14H,11-12H2,1H3,(H,25,26)(H2,24,27,28). The van der Waals surface area contributed by atoms with Crippen molar-refractivity contribution in [3.8, 4) is 16.9 Å². The predicted octanol–water partition coefficient (Wildman–Crippen LogP) is 3.64. The van der Waals surface area contributed by atoms with Crippen LogP contribution in [0.1, 0.15) is 15.9 Å². The van der Waals surface area contributed by atoms with Gasteiger partial charge in [-0.05, 0) is 41.8 Å². The van der Waals surface area contributed by atoms with Crippen LogP contribution in [0.3, 0.4) is 0 Å². The van der Waals surface area contributed by atoms with Crippen LogP contribution in [0, 0.1) is 0 Å². The Balaban J connectivity index is 1.77. The minimum absolute atomic E-state index is 0.0500. The van der Waals surface area contributed by atoms with E-state index in [4.69, 9.17) is 21.5 Å². The van der Waals surface area contributed by atoms with Gasteiger partial charge in [-0.3, -0.25) is 4.79 Å². The van der Waals surface area contributed by atoms with Crippen LogP contribution in [0.2, 0.25) is 5.02 Å². The first-order valence-corrected chi connectivity index (χ1v) is 11.0.